The van der Waals surface area contributed by atoms with Crippen molar-refractivity contribution >= 4 is 23.2 Å². The summed E-state index contributed by atoms with van der Waals surface area (Å²) in [6, 6.07) is 6.19. The molecule has 9 heteroatoms. The number of nitrogens with one attached hydrogen (secondary N) is 1. The molecule has 1 aromatic carbocycles. The number of carbonyl (C=O) groups is 1. The third-order valence-corrected chi connectivity index (χ3v) is 4.27. The Labute approximate surface area is 146 Å². The predicted octanol–water partition coefficient (Wildman–Crippen LogP) is 4.17. The highest BCUT2D eigenvalue weighted by molar-refractivity contribution is 6.32. The lowest BCUT2D eigenvalue weighted by Crippen LogP contribution is -2.16. The number of para-hydroxylation sites is 2. The van der Waals surface area contributed by atoms with E-state index in [-0.39, 0.29) is 35.3 Å². The Morgan fingerprint density at radius 2 is 2.04 bits per heavy atom. The van der Waals surface area contributed by atoms with Gasteiger partial charge in [-0.2, -0.15) is 18.3 Å². The molecule has 1 fully saturated rings. The van der Waals surface area contributed by atoms with Crippen LogP contribution in [-0.4, -0.2) is 20.8 Å². The second-order valence-electron chi connectivity index (χ2n) is 5.86. The topological polar surface area (TPSA) is 67.2 Å². The van der Waals surface area contributed by atoms with Crippen LogP contribution in [0.15, 0.2) is 24.3 Å². The van der Waals surface area contributed by atoms with E-state index < -0.39 is 17.8 Å². The number of anilines is 1. The van der Waals surface area contributed by atoms with E-state index in [0.29, 0.717) is 5.69 Å². The van der Waals surface area contributed by atoms with E-state index in [4.69, 9.17) is 11.6 Å². The minimum absolute atomic E-state index is 0.0267. The van der Waals surface area contributed by atoms with Crippen LogP contribution in [0.25, 0.3) is 0 Å². The normalized spacial score (nSPS) is 14.6. The predicted molar refractivity (Wildman–Crippen MR) is 85.6 cm³/mol. The number of hydrogen-bond donors (Lipinski definition) is 2. The average molecular weight is 374 g/mol. The van der Waals surface area contributed by atoms with E-state index in [9.17, 15) is 23.1 Å². The van der Waals surface area contributed by atoms with Gasteiger partial charge in [0.05, 0.1) is 22.9 Å². The summed E-state index contributed by atoms with van der Waals surface area (Å²) in [5, 5.41) is 15.3. The lowest BCUT2D eigenvalue weighted by atomic mass is 10.2. The minimum atomic E-state index is -4.63. The Bertz CT molecular complexity index is 800. The van der Waals surface area contributed by atoms with Crippen molar-refractivity contribution in [2.24, 2.45) is 0 Å². The van der Waals surface area contributed by atoms with Gasteiger partial charge in [-0.15, -0.1) is 0 Å². The van der Waals surface area contributed by atoms with Gasteiger partial charge in [0.15, 0.2) is 5.69 Å². The zero-order valence-electron chi connectivity index (χ0n) is 13.0. The van der Waals surface area contributed by atoms with Gasteiger partial charge in [0.25, 0.3) is 0 Å². The van der Waals surface area contributed by atoms with Crippen LogP contribution in [0.3, 0.4) is 0 Å². The summed E-state index contributed by atoms with van der Waals surface area (Å²) in [5.41, 5.74) is -0.536. The van der Waals surface area contributed by atoms with E-state index in [1.54, 1.807) is 12.1 Å². The molecule has 0 unspecified atom stereocenters. The van der Waals surface area contributed by atoms with Gasteiger partial charge in [0, 0.05) is 12.3 Å². The Kier molecular flexibility index (Phi) is 4.64. The molecule has 3 rings (SSSR count). The summed E-state index contributed by atoms with van der Waals surface area (Å²) in [5.74, 6) is -0.572. The van der Waals surface area contributed by atoms with Gasteiger partial charge in [-0.05, 0) is 25.0 Å². The molecule has 2 N–H and O–H groups in total. The summed E-state index contributed by atoms with van der Waals surface area (Å²) < 4.78 is 40.1. The van der Waals surface area contributed by atoms with Crippen molar-refractivity contribution < 1.29 is 23.1 Å². The number of carbonyl (C=O) groups excluding carboxylic acids is 1. The third-order valence-electron chi connectivity index (χ3n) is 3.89. The highest BCUT2D eigenvalue weighted by atomic mass is 35.5. The summed E-state index contributed by atoms with van der Waals surface area (Å²) >= 11 is 5.88. The van der Waals surface area contributed by atoms with Gasteiger partial charge in [-0.1, -0.05) is 23.7 Å². The van der Waals surface area contributed by atoms with E-state index in [0.717, 1.165) is 12.8 Å². The van der Waals surface area contributed by atoms with E-state index in [1.165, 1.54) is 16.8 Å². The second-order valence-corrected chi connectivity index (χ2v) is 6.24. The van der Waals surface area contributed by atoms with Crippen molar-refractivity contribution in [2.45, 2.75) is 37.9 Å². The standard InChI is InChI=1S/C16H15ClF3N3O2/c17-13-14(9-5-6-9)23(22-15(13)16(18,19)20)8-7-12(25)21-10-3-1-2-4-11(10)24/h1-4,9,24H,5-8H2,(H,21,25). The molecule has 1 aliphatic rings. The number of halogens is 4. The maximum Gasteiger partial charge on any atom is 0.436 e. The Morgan fingerprint density at radius 1 is 1.36 bits per heavy atom. The lowest BCUT2D eigenvalue weighted by molar-refractivity contribution is -0.141. The van der Waals surface area contributed by atoms with Crippen molar-refractivity contribution in [1.29, 1.82) is 0 Å². The Morgan fingerprint density at radius 3 is 2.64 bits per heavy atom. The van der Waals surface area contributed by atoms with Crippen LogP contribution in [0, 0.1) is 0 Å². The number of amides is 1. The first-order chi connectivity index (χ1) is 11.8. The lowest BCUT2D eigenvalue weighted by Gasteiger charge is -2.09. The van der Waals surface area contributed by atoms with Crippen LogP contribution < -0.4 is 5.32 Å². The molecular weight excluding hydrogens is 359 g/mol. The fourth-order valence-electron chi connectivity index (χ4n) is 2.55. The molecule has 5 nitrogen and oxygen atoms in total. The Hall–Kier alpha value is -2.22. The quantitative estimate of drug-likeness (QED) is 0.773. The molecule has 0 spiro atoms. The molecule has 25 heavy (non-hydrogen) atoms. The monoisotopic (exact) mass is 373 g/mol. The smallest absolute Gasteiger partial charge is 0.436 e. The fraction of sp³-hybridized carbons (Fsp3) is 0.375. The zero-order valence-corrected chi connectivity index (χ0v) is 13.7. The highest BCUT2D eigenvalue weighted by Gasteiger charge is 2.41. The van der Waals surface area contributed by atoms with Gasteiger partial charge in [-0.25, -0.2) is 0 Å². The van der Waals surface area contributed by atoms with Gasteiger partial charge in [-0.3, -0.25) is 9.48 Å². The number of hydrogen-bond acceptors (Lipinski definition) is 3. The van der Waals surface area contributed by atoms with Gasteiger partial charge in [0.2, 0.25) is 5.91 Å². The molecule has 2 aromatic rings. The summed E-state index contributed by atoms with van der Waals surface area (Å²) in [6.07, 6.45) is -3.22. The summed E-state index contributed by atoms with van der Waals surface area (Å²) in [6.45, 7) is -0.0267. The number of benzene rings is 1. The van der Waals surface area contributed by atoms with Gasteiger partial charge < -0.3 is 10.4 Å². The number of phenols is 1. The molecule has 0 radical (unpaired) electrons. The molecule has 0 aliphatic heterocycles. The molecule has 1 saturated carbocycles. The number of alkyl halides is 3. The maximum atomic E-state index is 13.0. The molecule has 1 heterocycles. The van der Waals surface area contributed by atoms with E-state index >= 15 is 0 Å². The van der Waals surface area contributed by atoms with Crippen LogP contribution >= 0.6 is 11.6 Å². The van der Waals surface area contributed by atoms with Crippen molar-refractivity contribution in [3.8, 4) is 5.75 Å². The van der Waals surface area contributed by atoms with Gasteiger partial charge in [0.1, 0.15) is 5.75 Å². The van der Waals surface area contributed by atoms with Crippen LogP contribution in [-0.2, 0) is 17.5 Å². The third kappa shape index (κ3) is 3.89. The zero-order chi connectivity index (χ0) is 18.2. The molecule has 1 amide bonds. The fourth-order valence-corrected chi connectivity index (χ4v) is 2.95. The SMILES string of the molecule is O=C(CCn1nc(C(F)(F)F)c(Cl)c1C1CC1)Nc1ccccc1O. The van der Waals surface area contributed by atoms with Crippen molar-refractivity contribution in [2.75, 3.05) is 5.32 Å². The van der Waals surface area contributed by atoms with Crippen molar-refractivity contribution in [1.82, 2.24) is 9.78 Å². The molecule has 0 atom stereocenters. The first kappa shape index (κ1) is 17.6. The van der Waals surface area contributed by atoms with Crippen molar-refractivity contribution in [3.05, 3.63) is 40.7 Å². The molecule has 1 aliphatic carbocycles. The number of rotatable bonds is 5. The highest BCUT2D eigenvalue weighted by Crippen LogP contribution is 2.46. The largest absolute Gasteiger partial charge is 0.506 e. The van der Waals surface area contributed by atoms with Crippen LogP contribution in [0.1, 0.15) is 36.6 Å². The average Bonchev–Trinajstić information content (AvgIpc) is 3.30. The van der Waals surface area contributed by atoms with E-state index in [1.807, 2.05) is 0 Å². The maximum absolute atomic E-state index is 13.0. The number of aromatic nitrogens is 2. The summed E-state index contributed by atoms with van der Waals surface area (Å²) in [7, 11) is 0. The van der Waals surface area contributed by atoms with Crippen LogP contribution in [0.5, 0.6) is 5.75 Å². The first-order valence-corrected chi connectivity index (χ1v) is 8.06. The van der Waals surface area contributed by atoms with Crippen LogP contribution in [0.2, 0.25) is 5.02 Å². The van der Waals surface area contributed by atoms with Gasteiger partial charge >= 0.3 is 6.18 Å². The Balaban J connectivity index is 1.72. The number of nitrogens with zero attached hydrogens (tertiary/aromatic N) is 2. The number of aromatic hydroxyl groups is 1. The summed E-state index contributed by atoms with van der Waals surface area (Å²) in [4.78, 5) is 12.0. The molecule has 0 bridgehead atoms. The van der Waals surface area contributed by atoms with Crippen LogP contribution in [0.4, 0.5) is 18.9 Å². The number of phenolic OH excluding ortho intramolecular Hbond substituents is 1. The second kappa shape index (κ2) is 6.59. The minimum Gasteiger partial charge on any atom is -0.506 e. The molecule has 0 saturated heterocycles. The van der Waals surface area contributed by atoms with Crippen molar-refractivity contribution in [3.63, 3.8) is 0 Å². The molecular formula is C16H15ClF3N3O2. The first-order valence-electron chi connectivity index (χ1n) is 7.68. The molecule has 134 valence electrons. The molecule has 1 aromatic heterocycles. The number of aryl methyl sites for hydroxylation is 1. The van der Waals surface area contributed by atoms with E-state index in [2.05, 4.69) is 10.4 Å².